The average Bonchev–Trinajstić information content (AvgIpc) is 3.99. The van der Waals surface area contributed by atoms with Crippen molar-refractivity contribution in [3.8, 4) is 5.75 Å². The van der Waals surface area contributed by atoms with Crippen molar-refractivity contribution < 1.29 is 61.4 Å². The minimum atomic E-state index is -2.05. The van der Waals surface area contributed by atoms with Crippen LogP contribution in [0.3, 0.4) is 0 Å². The molecule has 5 rings (SSSR count). The maximum absolute atomic E-state index is 11.8. The molecule has 17 heteroatoms. The van der Waals surface area contributed by atoms with Crippen LogP contribution in [-0.2, 0) is 51.8 Å². The molecule has 0 N–H and O–H groups in total. The molecule has 0 bridgehead atoms. The molecule has 14 nitrogen and oxygen atoms in total. The van der Waals surface area contributed by atoms with Crippen LogP contribution in [0.2, 0.25) is 0 Å². The summed E-state index contributed by atoms with van der Waals surface area (Å²) in [5.74, 6) is 0.394. The van der Waals surface area contributed by atoms with Gasteiger partial charge in [-0.15, -0.1) is 13.2 Å². The molecule has 0 atom stereocenters. The normalized spacial score (nSPS) is 12.9. The number of halogens is 2. The fourth-order valence-corrected chi connectivity index (χ4v) is 10.2. The molecule has 0 spiro atoms. The predicted octanol–water partition coefficient (Wildman–Crippen LogP) is 12.7. The van der Waals surface area contributed by atoms with Gasteiger partial charge in [0.15, 0.2) is 0 Å². The van der Waals surface area contributed by atoms with E-state index in [9.17, 15) is 19.7 Å². The van der Waals surface area contributed by atoms with Crippen LogP contribution < -0.4 is 14.5 Å². The number of benzene rings is 3. The number of hydrogen-bond acceptors (Lipinski definition) is 13. The Kier molecular flexibility index (Phi) is 32.1. The minimum Gasteiger partial charge on any atom is -0.502 e. The SMILES string of the molecule is C=CCC(CC)(CC=C)C(=O)OCC.CC(C)Oc1ccc([N+](=O)[O-])cc1[CH]=[Ru]([Cl])[Cl].CCOC(=O)C1(CC)CC=CC1.Cc1cc(C)c(N2[CH-]N(c3c(C)cc(C)cc3C)CC2)c(C)c1.O=C=O.O=C=O. The molecule has 0 radical (unpaired) electrons. The predicted molar refractivity (Wildman–Crippen MR) is 283 cm³/mol. The van der Waals surface area contributed by atoms with Crippen LogP contribution in [0.4, 0.5) is 17.1 Å². The maximum atomic E-state index is 11.8. The van der Waals surface area contributed by atoms with Crippen LogP contribution in [0.15, 0.2) is 79.9 Å². The van der Waals surface area contributed by atoms with Gasteiger partial charge in [0.25, 0.3) is 0 Å². The van der Waals surface area contributed by atoms with Crippen LogP contribution in [0.5, 0.6) is 5.75 Å². The van der Waals surface area contributed by atoms with E-state index in [2.05, 4.69) is 108 Å². The topological polar surface area (TPSA) is 180 Å². The molecule has 398 valence electrons. The average molecular weight is 1130 g/mol. The summed E-state index contributed by atoms with van der Waals surface area (Å²) in [6.45, 7) is 37.3. The summed E-state index contributed by atoms with van der Waals surface area (Å²) >= 11 is -2.05. The Morgan fingerprint density at radius 2 is 1.24 bits per heavy atom. The minimum absolute atomic E-state index is 0.00360. The van der Waals surface area contributed by atoms with Gasteiger partial charge in [0.05, 0.1) is 24.0 Å². The molecule has 3 aromatic rings. The Hall–Kier alpha value is -5.55. The van der Waals surface area contributed by atoms with Crippen molar-refractivity contribution in [1.82, 2.24) is 0 Å². The van der Waals surface area contributed by atoms with Gasteiger partial charge >= 0.3 is 137 Å². The van der Waals surface area contributed by atoms with Gasteiger partial charge in [-0.05, 0) is 116 Å². The van der Waals surface area contributed by atoms with Crippen molar-refractivity contribution in [2.45, 2.75) is 128 Å². The Morgan fingerprint density at radius 1 is 0.806 bits per heavy atom. The van der Waals surface area contributed by atoms with Crippen molar-refractivity contribution in [2.75, 3.05) is 36.1 Å². The Morgan fingerprint density at radius 3 is 1.57 bits per heavy atom. The molecule has 0 amide bonds. The summed E-state index contributed by atoms with van der Waals surface area (Å²) < 4.78 is 17.3. The molecule has 1 saturated heterocycles. The first kappa shape index (κ1) is 66.5. The first-order chi connectivity index (χ1) is 34.0. The van der Waals surface area contributed by atoms with Gasteiger partial charge in [-0.25, -0.2) is 0 Å². The molecule has 0 aromatic heterocycles. The molecule has 72 heavy (non-hydrogen) atoms. The number of esters is 2. The van der Waals surface area contributed by atoms with Crippen LogP contribution in [0, 0.1) is 69.2 Å². The number of allylic oxidation sites excluding steroid dienone is 4. The van der Waals surface area contributed by atoms with E-state index in [0.29, 0.717) is 37.4 Å². The molecule has 0 saturated carbocycles. The summed E-state index contributed by atoms with van der Waals surface area (Å²) in [6.07, 6.45) is 12.8. The van der Waals surface area contributed by atoms with E-state index in [0.717, 1.165) is 38.8 Å². The van der Waals surface area contributed by atoms with Gasteiger partial charge in [0.2, 0.25) is 0 Å². The zero-order valence-electron chi connectivity index (χ0n) is 44.0. The zero-order valence-corrected chi connectivity index (χ0v) is 47.3. The molecule has 2 aliphatic rings. The number of rotatable bonds is 16. The number of aryl methyl sites for hydroxylation is 6. The quantitative estimate of drug-likeness (QED) is 0.0330. The largest absolute Gasteiger partial charge is 0.502 e. The van der Waals surface area contributed by atoms with Gasteiger partial charge < -0.3 is 19.3 Å². The van der Waals surface area contributed by atoms with E-state index < -0.39 is 23.9 Å². The van der Waals surface area contributed by atoms with Crippen molar-refractivity contribution in [1.29, 1.82) is 0 Å². The van der Waals surface area contributed by atoms with Crippen molar-refractivity contribution in [3.63, 3.8) is 0 Å². The van der Waals surface area contributed by atoms with E-state index in [4.69, 9.17) is 52.8 Å². The van der Waals surface area contributed by atoms with Crippen LogP contribution in [-0.4, -0.2) is 66.2 Å². The first-order valence-electron chi connectivity index (χ1n) is 23.5. The standard InChI is InChI=1S/C21H27N2.C12H20O2.C10H11NO3.C10H16O2.2CO2.2ClH.Ru/c1-14-9-16(3)20(17(4)10-14)22-7-8-23(13-22)21-18(5)11-15(2)12-19(21)6;1-5-9-12(7-3,10-6-2)11(13)14-8-4;1-7(2)14-10-5-4-9(11(12)13)6-8(10)3;1-3-10(7-5-6-8-10)9(11)12-4-2;2*2-1-3;;;/h9-13H,7-8H2,1-6H3;5-6H,1-2,7-10H2,3-4H3;3-7H,1-2H3;5-6H,3-4,7-8H2,1-2H3;;;2*1H;/q-1;;;;;;;;+2/p-2. The second-order valence-corrected chi connectivity index (χ2v) is 22.9. The van der Waals surface area contributed by atoms with E-state index >= 15 is 0 Å². The summed E-state index contributed by atoms with van der Waals surface area (Å²) in [5, 5.41) is 10.7. The molecular weight excluding hydrogens is 1050 g/mol. The number of ether oxygens (including phenoxy) is 3. The second-order valence-electron chi connectivity index (χ2n) is 17.2. The summed E-state index contributed by atoms with van der Waals surface area (Å²) in [5.41, 5.74) is 10.7. The number of nitro benzene ring substituents is 1. The fraction of sp³-hybridized carbons (Fsp3) is 0.455. The van der Waals surface area contributed by atoms with Crippen LogP contribution in [0.25, 0.3) is 0 Å². The van der Waals surface area contributed by atoms with E-state index in [-0.39, 0.29) is 41.4 Å². The van der Waals surface area contributed by atoms with Crippen LogP contribution in [0.1, 0.15) is 119 Å². The molecule has 1 fully saturated rings. The molecule has 1 heterocycles. The Labute approximate surface area is 440 Å². The van der Waals surface area contributed by atoms with Crippen LogP contribution >= 0.6 is 19.4 Å². The third-order valence-electron chi connectivity index (χ3n) is 11.5. The second kappa shape index (κ2) is 34.8. The molecule has 1 aliphatic carbocycles. The fourth-order valence-electron chi connectivity index (χ4n) is 8.37. The van der Waals surface area contributed by atoms with Gasteiger partial charge in [-0.1, -0.05) is 73.5 Å². The third kappa shape index (κ3) is 21.7. The number of carbonyl (C=O) groups excluding carboxylic acids is 6. The van der Waals surface area contributed by atoms with Crippen molar-refractivity contribution >= 4 is 65.3 Å². The Balaban J connectivity index is 0.000000924. The Bertz CT molecular complexity index is 2250. The number of anilines is 2. The van der Waals surface area contributed by atoms with Gasteiger partial charge in [-0.3, -0.25) is 9.59 Å². The summed E-state index contributed by atoms with van der Waals surface area (Å²) in [7, 11) is 11.6. The number of nitro groups is 1. The molecule has 1 aliphatic heterocycles. The van der Waals surface area contributed by atoms with Crippen molar-refractivity contribution in [2.24, 2.45) is 10.8 Å². The van der Waals surface area contributed by atoms with Gasteiger partial charge in [0, 0.05) is 24.5 Å². The summed E-state index contributed by atoms with van der Waals surface area (Å²) in [4.78, 5) is 70.8. The summed E-state index contributed by atoms with van der Waals surface area (Å²) in [6, 6.07) is 13.5. The number of non-ortho nitro benzene ring substituents is 1. The maximum Gasteiger partial charge on any atom is 0.373 e. The number of hydrogen-bond donors (Lipinski definition) is 0. The number of nitrogens with zero attached hydrogens (tertiary/aromatic N) is 3. The monoisotopic (exact) mass is 1120 g/mol. The molecular formula is C55H74Cl2N3O11Ru-. The van der Waals surface area contributed by atoms with Gasteiger partial charge in [-0.2, -0.15) is 25.8 Å². The molecule has 3 aromatic carbocycles. The van der Waals surface area contributed by atoms with Crippen molar-refractivity contribution in [3.05, 3.63) is 136 Å². The first-order valence-corrected chi connectivity index (χ1v) is 29.0. The van der Waals surface area contributed by atoms with E-state index in [1.54, 1.807) is 22.8 Å². The van der Waals surface area contributed by atoms with Gasteiger partial charge in [0.1, 0.15) is 0 Å². The smallest absolute Gasteiger partial charge is 0.373 e. The van der Waals surface area contributed by atoms with E-state index in [1.807, 2.05) is 41.5 Å². The van der Waals surface area contributed by atoms with E-state index in [1.165, 1.54) is 56.9 Å². The third-order valence-corrected chi connectivity index (χ3v) is 13.3. The molecule has 0 unspecified atom stereocenters. The zero-order chi connectivity index (χ0) is 55.2. The number of carbonyl (C=O) groups is 2.